The van der Waals surface area contributed by atoms with Gasteiger partial charge in [0.25, 0.3) is 0 Å². The second-order valence-corrected chi connectivity index (χ2v) is 4.13. The Labute approximate surface area is 82.9 Å². The van der Waals surface area contributed by atoms with Crippen LogP contribution in [0.1, 0.15) is 23.3 Å². The molecule has 0 aliphatic heterocycles. The SMILES string of the molecule is CC(c1ccccc1)c1cccs1. The van der Waals surface area contributed by atoms with Gasteiger partial charge in [-0.1, -0.05) is 43.3 Å². The van der Waals surface area contributed by atoms with Gasteiger partial charge in [-0.15, -0.1) is 11.3 Å². The fraction of sp³-hybridized carbons (Fsp3) is 0.167. The highest BCUT2D eigenvalue weighted by molar-refractivity contribution is 7.10. The first kappa shape index (κ1) is 8.52. The zero-order valence-corrected chi connectivity index (χ0v) is 8.42. The number of hydrogen-bond donors (Lipinski definition) is 0. The molecule has 0 fully saturated rings. The van der Waals surface area contributed by atoms with Crippen molar-refractivity contribution < 1.29 is 0 Å². The highest BCUT2D eigenvalue weighted by Gasteiger charge is 2.07. The third kappa shape index (κ3) is 1.81. The van der Waals surface area contributed by atoms with Crippen molar-refractivity contribution >= 4 is 11.3 Å². The van der Waals surface area contributed by atoms with E-state index in [0.29, 0.717) is 5.92 Å². The topological polar surface area (TPSA) is 0 Å². The highest BCUT2D eigenvalue weighted by Crippen LogP contribution is 2.26. The Kier molecular flexibility index (Phi) is 2.46. The Morgan fingerprint density at radius 2 is 1.77 bits per heavy atom. The van der Waals surface area contributed by atoms with E-state index in [0.717, 1.165) is 0 Å². The summed E-state index contributed by atoms with van der Waals surface area (Å²) in [6.45, 7) is 2.25. The maximum Gasteiger partial charge on any atom is 0.0155 e. The first-order valence-corrected chi connectivity index (χ1v) is 5.34. The maximum absolute atomic E-state index is 2.25. The molecule has 0 saturated carbocycles. The molecule has 0 saturated heterocycles. The van der Waals surface area contributed by atoms with Crippen molar-refractivity contribution in [3.63, 3.8) is 0 Å². The zero-order valence-electron chi connectivity index (χ0n) is 7.60. The van der Waals surface area contributed by atoms with Crippen LogP contribution in [0.25, 0.3) is 0 Å². The second-order valence-electron chi connectivity index (χ2n) is 3.15. The third-order valence-corrected chi connectivity index (χ3v) is 3.32. The van der Waals surface area contributed by atoms with Crippen molar-refractivity contribution in [3.8, 4) is 0 Å². The van der Waals surface area contributed by atoms with Gasteiger partial charge in [-0.05, 0) is 17.0 Å². The number of hydrogen-bond acceptors (Lipinski definition) is 1. The lowest BCUT2D eigenvalue weighted by molar-refractivity contribution is 0.948. The smallest absolute Gasteiger partial charge is 0.0155 e. The molecule has 0 nitrogen and oxygen atoms in total. The van der Waals surface area contributed by atoms with Crippen LogP contribution in [0.3, 0.4) is 0 Å². The molecule has 1 heteroatoms. The molecule has 0 spiro atoms. The van der Waals surface area contributed by atoms with Gasteiger partial charge >= 0.3 is 0 Å². The minimum absolute atomic E-state index is 0.529. The molecule has 0 bridgehead atoms. The molecule has 66 valence electrons. The van der Waals surface area contributed by atoms with E-state index in [2.05, 4.69) is 54.8 Å². The van der Waals surface area contributed by atoms with Gasteiger partial charge in [0.1, 0.15) is 0 Å². The van der Waals surface area contributed by atoms with Gasteiger partial charge < -0.3 is 0 Å². The highest BCUT2D eigenvalue weighted by atomic mass is 32.1. The van der Waals surface area contributed by atoms with E-state index in [4.69, 9.17) is 0 Å². The number of thiophene rings is 1. The Morgan fingerprint density at radius 3 is 2.38 bits per heavy atom. The van der Waals surface area contributed by atoms with Gasteiger partial charge in [-0.2, -0.15) is 0 Å². The van der Waals surface area contributed by atoms with E-state index in [-0.39, 0.29) is 0 Å². The largest absolute Gasteiger partial charge is 0.148 e. The molecular formula is C12H12S. The summed E-state index contributed by atoms with van der Waals surface area (Å²) in [6.07, 6.45) is 0. The summed E-state index contributed by atoms with van der Waals surface area (Å²) in [5.74, 6) is 0.529. The number of benzene rings is 1. The molecule has 1 atom stereocenters. The summed E-state index contributed by atoms with van der Waals surface area (Å²) in [6, 6.07) is 14.9. The van der Waals surface area contributed by atoms with E-state index >= 15 is 0 Å². The van der Waals surface area contributed by atoms with Crippen LogP contribution in [0, 0.1) is 0 Å². The van der Waals surface area contributed by atoms with Gasteiger partial charge in [0.2, 0.25) is 0 Å². The Balaban J connectivity index is 2.29. The van der Waals surface area contributed by atoms with E-state index in [1.54, 1.807) is 0 Å². The summed E-state index contributed by atoms with van der Waals surface area (Å²) in [5.41, 5.74) is 1.39. The van der Waals surface area contributed by atoms with Crippen LogP contribution < -0.4 is 0 Å². The monoisotopic (exact) mass is 188 g/mol. The molecule has 2 rings (SSSR count). The van der Waals surface area contributed by atoms with E-state index in [9.17, 15) is 0 Å². The fourth-order valence-electron chi connectivity index (χ4n) is 1.44. The maximum atomic E-state index is 2.25. The fourth-order valence-corrected chi connectivity index (χ4v) is 2.26. The van der Waals surface area contributed by atoms with Crippen LogP contribution in [0.4, 0.5) is 0 Å². The quantitative estimate of drug-likeness (QED) is 0.670. The molecule has 0 aliphatic rings. The standard InChI is InChI=1S/C12H12S/c1-10(12-8-5-9-13-12)11-6-3-2-4-7-11/h2-10H,1H3. The third-order valence-electron chi connectivity index (χ3n) is 2.27. The van der Waals surface area contributed by atoms with Gasteiger partial charge in [0.15, 0.2) is 0 Å². The van der Waals surface area contributed by atoms with Crippen LogP contribution >= 0.6 is 11.3 Å². The summed E-state index contributed by atoms with van der Waals surface area (Å²) in [7, 11) is 0. The Bertz CT molecular complexity index is 348. The number of rotatable bonds is 2. The summed E-state index contributed by atoms with van der Waals surface area (Å²) < 4.78 is 0. The van der Waals surface area contributed by atoms with Crippen molar-refractivity contribution in [3.05, 3.63) is 58.3 Å². The molecule has 0 N–H and O–H groups in total. The molecule has 13 heavy (non-hydrogen) atoms. The van der Waals surface area contributed by atoms with E-state index in [1.165, 1.54) is 10.4 Å². The minimum Gasteiger partial charge on any atom is -0.148 e. The zero-order chi connectivity index (χ0) is 9.10. The normalized spacial score (nSPS) is 12.7. The van der Waals surface area contributed by atoms with Gasteiger partial charge in [-0.25, -0.2) is 0 Å². The van der Waals surface area contributed by atoms with Crippen molar-refractivity contribution in [2.24, 2.45) is 0 Å². The van der Waals surface area contributed by atoms with Crippen molar-refractivity contribution in [1.82, 2.24) is 0 Å². The van der Waals surface area contributed by atoms with Crippen molar-refractivity contribution in [2.45, 2.75) is 12.8 Å². The van der Waals surface area contributed by atoms with Crippen molar-refractivity contribution in [2.75, 3.05) is 0 Å². The summed E-state index contributed by atoms with van der Waals surface area (Å²) in [5, 5.41) is 2.13. The summed E-state index contributed by atoms with van der Waals surface area (Å²) >= 11 is 1.83. The lowest BCUT2D eigenvalue weighted by Crippen LogP contribution is -1.91. The molecule has 2 aromatic rings. The van der Waals surface area contributed by atoms with Crippen LogP contribution in [0.2, 0.25) is 0 Å². The predicted octanol–water partition coefficient (Wildman–Crippen LogP) is 3.90. The van der Waals surface area contributed by atoms with Crippen molar-refractivity contribution in [1.29, 1.82) is 0 Å². The lowest BCUT2D eigenvalue weighted by atomic mass is 10.00. The molecule has 1 unspecified atom stereocenters. The van der Waals surface area contributed by atoms with Crippen LogP contribution in [0.5, 0.6) is 0 Å². The van der Waals surface area contributed by atoms with E-state index < -0.39 is 0 Å². The predicted molar refractivity (Wildman–Crippen MR) is 58.3 cm³/mol. The molecule has 0 amide bonds. The summed E-state index contributed by atoms with van der Waals surface area (Å²) in [4.78, 5) is 1.44. The second kappa shape index (κ2) is 3.75. The Morgan fingerprint density at radius 1 is 1.00 bits per heavy atom. The van der Waals surface area contributed by atoms with Gasteiger partial charge in [-0.3, -0.25) is 0 Å². The minimum atomic E-state index is 0.529. The first-order valence-electron chi connectivity index (χ1n) is 4.46. The lowest BCUT2D eigenvalue weighted by Gasteiger charge is -2.08. The van der Waals surface area contributed by atoms with Gasteiger partial charge in [0, 0.05) is 10.8 Å². The first-order chi connectivity index (χ1) is 6.38. The van der Waals surface area contributed by atoms with Crippen LogP contribution in [0.15, 0.2) is 47.8 Å². The van der Waals surface area contributed by atoms with E-state index in [1.807, 2.05) is 11.3 Å². The molecule has 0 radical (unpaired) electrons. The average Bonchev–Trinajstić information content (AvgIpc) is 2.71. The average molecular weight is 188 g/mol. The van der Waals surface area contributed by atoms with Crippen LogP contribution in [-0.2, 0) is 0 Å². The van der Waals surface area contributed by atoms with Crippen LogP contribution in [-0.4, -0.2) is 0 Å². The molecule has 1 aromatic heterocycles. The molecule has 0 aliphatic carbocycles. The molecule has 1 heterocycles. The Hall–Kier alpha value is -1.08. The van der Waals surface area contributed by atoms with Gasteiger partial charge in [0.05, 0.1) is 0 Å². The molecular weight excluding hydrogens is 176 g/mol. The molecule has 1 aromatic carbocycles.